The first-order chi connectivity index (χ1) is 11.6. The molecule has 3 fully saturated rings. The number of rotatable bonds is 3. The number of allylic oxidation sites excluding steroid dienone is 2. The van der Waals surface area contributed by atoms with Gasteiger partial charge in [-0.2, -0.15) is 0 Å². The van der Waals surface area contributed by atoms with Crippen molar-refractivity contribution in [3.8, 4) is 0 Å². The van der Waals surface area contributed by atoms with Gasteiger partial charge in [-0.3, -0.25) is 19.3 Å². The van der Waals surface area contributed by atoms with Crippen LogP contribution in [0.2, 0.25) is 0 Å². The van der Waals surface area contributed by atoms with Crippen molar-refractivity contribution < 1.29 is 14.4 Å². The zero-order chi connectivity index (χ0) is 16.4. The molecule has 5 aliphatic rings. The first kappa shape index (κ1) is 14.0. The molecule has 2 bridgehead atoms. The van der Waals surface area contributed by atoms with E-state index in [2.05, 4.69) is 17.5 Å². The molecule has 1 heterocycles. The van der Waals surface area contributed by atoms with Crippen molar-refractivity contribution in [1.82, 2.24) is 4.90 Å². The van der Waals surface area contributed by atoms with E-state index in [1.54, 1.807) is 12.1 Å². The Morgan fingerprint density at radius 1 is 1.00 bits per heavy atom. The molecule has 5 heteroatoms. The number of amides is 3. The van der Waals surface area contributed by atoms with E-state index in [0.29, 0.717) is 17.5 Å². The van der Waals surface area contributed by atoms with Crippen LogP contribution in [0.15, 0.2) is 42.5 Å². The lowest BCUT2D eigenvalue weighted by molar-refractivity contribution is -0.142. The standard InChI is InChI=1S/C19H18N2O3/c22-15(20-10-4-2-1-3-5-10)9-21-18(23)16-11-6-7-12(14-8-13(11)14)17(16)19(21)24/h1-7,11-14,16-17H,8-9H2,(H,20,22)/t11-,12+,13-,14-,16+,17+/m1/s1. The number of benzene rings is 1. The lowest BCUT2D eigenvalue weighted by Crippen LogP contribution is -2.40. The lowest BCUT2D eigenvalue weighted by Gasteiger charge is -2.37. The van der Waals surface area contributed by atoms with Gasteiger partial charge in [0, 0.05) is 5.69 Å². The molecule has 5 nitrogen and oxygen atoms in total. The summed E-state index contributed by atoms with van der Waals surface area (Å²) in [6.07, 6.45) is 5.42. The van der Waals surface area contributed by atoms with Gasteiger partial charge in [-0.1, -0.05) is 30.4 Å². The molecule has 3 amide bonds. The minimum Gasteiger partial charge on any atom is -0.325 e. The van der Waals surface area contributed by atoms with Gasteiger partial charge in [-0.05, 0) is 42.2 Å². The SMILES string of the molecule is O=C(CN1C(=O)[C@H]2[C@@H]3C=C[C@@H]([C@H]4C[C@H]34)[C@@H]2C1=O)Nc1ccccc1. The summed E-state index contributed by atoms with van der Waals surface area (Å²) in [5, 5.41) is 2.75. The quantitative estimate of drug-likeness (QED) is 0.680. The average Bonchev–Trinajstić information content (AvgIpc) is 3.37. The molecule has 24 heavy (non-hydrogen) atoms. The maximum atomic E-state index is 12.8. The second-order valence-corrected chi connectivity index (χ2v) is 7.33. The fraction of sp³-hybridized carbons (Fsp3) is 0.421. The smallest absolute Gasteiger partial charge is 0.244 e. The van der Waals surface area contributed by atoms with E-state index < -0.39 is 0 Å². The molecule has 1 aliphatic heterocycles. The maximum absolute atomic E-state index is 12.8. The van der Waals surface area contributed by atoms with Gasteiger partial charge in [0.2, 0.25) is 17.7 Å². The molecule has 0 aromatic heterocycles. The Balaban J connectivity index is 1.34. The van der Waals surface area contributed by atoms with Crippen LogP contribution in [0.5, 0.6) is 0 Å². The Labute approximate surface area is 139 Å². The van der Waals surface area contributed by atoms with Crippen molar-refractivity contribution in [2.24, 2.45) is 35.5 Å². The van der Waals surface area contributed by atoms with E-state index in [1.807, 2.05) is 18.2 Å². The first-order valence-electron chi connectivity index (χ1n) is 8.53. The minimum absolute atomic E-state index is 0.155. The van der Waals surface area contributed by atoms with Crippen LogP contribution < -0.4 is 5.32 Å². The van der Waals surface area contributed by atoms with Crippen molar-refractivity contribution in [3.05, 3.63) is 42.5 Å². The highest BCUT2D eigenvalue weighted by molar-refractivity contribution is 6.09. The van der Waals surface area contributed by atoms with Crippen LogP contribution >= 0.6 is 0 Å². The molecular weight excluding hydrogens is 304 g/mol. The fourth-order valence-corrected chi connectivity index (χ4v) is 5.04. The molecule has 4 aliphatic carbocycles. The monoisotopic (exact) mass is 322 g/mol. The summed E-state index contributed by atoms with van der Waals surface area (Å²) in [5.41, 5.74) is 0.669. The summed E-state index contributed by atoms with van der Waals surface area (Å²) in [6.45, 7) is -0.186. The van der Waals surface area contributed by atoms with Gasteiger partial charge in [0.1, 0.15) is 6.54 Å². The lowest BCUT2D eigenvalue weighted by atomic mass is 9.63. The summed E-state index contributed by atoms with van der Waals surface area (Å²) < 4.78 is 0. The molecule has 6 atom stereocenters. The minimum atomic E-state index is -0.327. The Morgan fingerprint density at radius 3 is 2.17 bits per heavy atom. The first-order valence-corrected chi connectivity index (χ1v) is 8.53. The van der Waals surface area contributed by atoms with Crippen molar-refractivity contribution in [1.29, 1.82) is 0 Å². The van der Waals surface area contributed by atoms with Crippen molar-refractivity contribution in [3.63, 3.8) is 0 Å². The van der Waals surface area contributed by atoms with Crippen LogP contribution in [0.25, 0.3) is 0 Å². The molecule has 6 rings (SSSR count). The van der Waals surface area contributed by atoms with Crippen molar-refractivity contribution in [2.75, 3.05) is 11.9 Å². The molecule has 1 aromatic rings. The van der Waals surface area contributed by atoms with Crippen molar-refractivity contribution >= 4 is 23.4 Å². The average molecular weight is 322 g/mol. The highest BCUT2D eigenvalue weighted by atomic mass is 16.2. The molecule has 0 spiro atoms. The third-order valence-corrected chi connectivity index (χ3v) is 6.11. The highest BCUT2D eigenvalue weighted by Gasteiger charge is 2.67. The van der Waals surface area contributed by atoms with Crippen LogP contribution in [-0.4, -0.2) is 29.2 Å². The van der Waals surface area contributed by atoms with Crippen LogP contribution in [-0.2, 0) is 14.4 Å². The highest BCUT2D eigenvalue weighted by Crippen LogP contribution is 2.65. The molecule has 2 saturated carbocycles. The van der Waals surface area contributed by atoms with E-state index in [-0.39, 0.29) is 47.9 Å². The number of hydrogen-bond donors (Lipinski definition) is 1. The largest absolute Gasteiger partial charge is 0.325 e. The normalized spacial score (nSPS) is 38.1. The Bertz CT molecular complexity index is 736. The molecular formula is C19H18N2O3. The van der Waals surface area contributed by atoms with E-state index in [4.69, 9.17) is 0 Å². The Morgan fingerprint density at radius 2 is 1.58 bits per heavy atom. The molecule has 1 saturated heterocycles. The summed E-state index contributed by atoms with van der Waals surface area (Å²) in [4.78, 5) is 39.0. The number of anilines is 1. The van der Waals surface area contributed by atoms with Gasteiger partial charge in [-0.25, -0.2) is 0 Å². The second-order valence-electron chi connectivity index (χ2n) is 7.33. The molecule has 122 valence electrons. The Hall–Kier alpha value is -2.43. The van der Waals surface area contributed by atoms with Crippen LogP contribution in [0.1, 0.15) is 6.42 Å². The van der Waals surface area contributed by atoms with Gasteiger partial charge < -0.3 is 5.32 Å². The number of imide groups is 1. The predicted molar refractivity (Wildman–Crippen MR) is 86.5 cm³/mol. The number of hydrogen-bond acceptors (Lipinski definition) is 3. The van der Waals surface area contributed by atoms with Gasteiger partial charge in [-0.15, -0.1) is 0 Å². The molecule has 0 radical (unpaired) electrons. The van der Waals surface area contributed by atoms with Crippen LogP contribution in [0.3, 0.4) is 0 Å². The van der Waals surface area contributed by atoms with Gasteiger partial charge in [0.05, 0.1) is 11.8 Å². The number of carbonyl (C=O) groups is 3. The summed E-state index contributed by atoms with van der Waals surface area (Å²) in [5.74, 6) is 0.448. The maximum Gasteiger partial charge on any atom is 0.244 e. The number of nitrogens with zero attached hydrogens (tertiary/aromatic N) is 1. The number of nitrogens with one attached hydrogen (secondary N) is 1. The Kier molecular flexibility index (Phi) is 2.78. The topological polar surface area (TPSA) is 66.5 Å². The number of likely N-dealkylation sites (tertiary alicyclic amines) is 1. The zero-order valence-corrected chi connectivity index (χ0v) is 13.1. The number of para-hydroxylation sites is 1. The van der Waals surface area contributed by atoms with Crippen LogP contribution in [0.4, 0.5) is 5.69 Å². The summed E-state index contributed by atoms with van der Waals surface area (Å²) >= 11 is 0. The van der Waals surface area contributed by atoms with Gasteiger partial charge in [0.25, 0.3) is 0 Å². The van der Waals surface area contributed by atoms with E-state index in [0.717, 1.165) is 6.42 Å². The van der Waals surface area contributed by atoms with E-state index in [9.17, 15) is 14.4 Å². The predicted octanol–water partition coefficient (Wildman–Crippen LogP) is 1.68. The van der Waals surface area contributed by atoms with E-state index in [1.165, 1.54) is 4.90 Å². The van der Waals surface area contributed by atoms with Crippen LogP contribution in [0, 0.1) is 35.5 Å². The van der Waals surface area contributed by atoms with E-state index >= 15 is 0 Å². The molecule has 1 N–H and O–H groups in total. The third-order valence-electron chi connectivity index (χ3n) is 6.11. The number of carbonyl (C=O) groups excluding carboxylic acids is 3. The third kappa shape index (κ3) is 1.84. The van der Waals surface area contributed by atoms with Crippen molar-refractivity contribution in [2.45, 2.75) is 6.42 Å². The molecule has 0 unspecified atom stereocenters. The summed E-state index contributed by atoms with van der Waals surface area (Å²) in [6, 6.07) is 9.08. The fourth-order valence-electron chi connectivity index (χ4n) is 5.04. The van der Waals surface area contributed by atoms with Gasteiger partial charge >= 0.3 is 0 Å². The van der Waals surface area contributed by atoms with Gasteiger partial charge in [0.15, 0.2) is 0 Å². The second kappa shape index (κ2) is 4.79. The molecule has 1 aromatic carbocycles. The zero-order valence-electron chi connectivity index (χ0n) is 13.1. The summed E-state index contributed by atoms with van der Waals surface area (Å²) in [7, 11) is 0.